The van der Waals surface area contributed by atoms with Crippen LogP contribution in [0.25, 0.3) is 0 Å². The monoisotopic (exact) mass is 308 g/mol. The number of hydrogen-bond acceptors (Lipinski definition) is 5. The lowest BCUT2D eigenvalue weighted by Gasteiger charge is -2.08. The van der Waals surface area contributed by atoms with Gasteiger partial charge in [-0.05, 0) is 25.5 Å². The minimum Gasteiger partial charge on any atom is -0.370 e. The van der Waals surface area contributed by atoms with Crippen LogP contribution in [0.4, 0.5) is 5.82 Å². The maximum atomic E-state index is 12.1. The first-order valence-electron chi connectivity index (χ1n) is 6.70. The zero-order valence-corrected chi connectivity index (χ0v) is 12.7. The molecule has 0 radical (unpaired) electrons. The third-order valence-electron chi connectivity index (χ3n) is 2.71. The van der Waals surface area contributed by atoms with E-state index in [0.29, 0.717) is 17.1 Å². The van der Waals surface area contributed by atoms with E-state index in [2.05, 4.69) is 20.8 Å². The molecule has 6 nitrogen and oxygen atoms in total. The molecule has 0 saturated carbocycles. The molecular formula is C14H17ClN4O2. The average Bonchev–Trinajstić information content (AvgIpc) is 2.87. The van der Waals surface area contributed by atoms with Gasteiger partial charge in [-0.15, -0.1) is 0 Å². The predicted octanol–water partition coefficient (Wildman–Crippen LogP) is 2.78. The SMILES string of the molecule is CCCNc1cc(C(=O)NCc2cc(C)no2)cc(Cl)n1. The van der Waals surface area contributed by atoms with Crippen molar-refractivity contribution in [3.8, 4) is 0 Å². The predicted molar refractivity (Wildman–Crippen MR) is 80.4 cm³/mol. The van der Waals surface area contributed by atoms with Crippen LogP contribution < -0.4 is 10.6 Å². The molecular weight excluding hydrogens is 292 g/mol. The fourth-order valence-electron chi connectivity index (χ4n) is 1.74. The number of carbonyl (C=O) groups is 1. The van der Waals surface area contributed by atoms with E-state index < -0.39 is 0 Å². The van der Waals surface area contributed by atoms with Crippen molar-refractivity contribution in [2.75, 3.05) is 11.9 Å². The van der Waals surface area contributed by atoms with Gasteiger partial charge >= 0.3 is 0 Å². The maximum absolute atomic E-state index is 12.1. The summed E-state index contributed by atoms with van der Waals surface area (Å²) in [4.78, 5) is 16.2. The third-order valence-corrected chi connectivity index (χ3v) is 2.91. The number of pyridine rings is 1. The first-order chi connectivity index (χ1) is 10.1. The summed E-state index contributed by atoms with van der Waals surface area (Å²) < 4.78 is 5.04. The number of carbonyl (C=O) groups excluding carboxylic acids is 1. The third kappa shape index (κ3) is 4.46. The van der Waals surface area contributed by atoms with E-state index in [1.165, 1.54) is 6.07 Å². The Balaban J connectivity index is 2.02. The fourth-order valence-corrected chi connectivity index (χ4v) is 1.95. The Kier molecular flexibility index (Phi) is 5.16. The number of aryl methyl sites for hydroxylation is 1. The molecule has 112 valence electrons. The molecule has 2 aromatic heterocycles. The van der Waals surface area contributed by atoms with Crippen LogP contribution in [0.5, 0.6) is 0 Å². The molecule has 0 fully saturated rings. The van der Waals surface area contributed by atoms with Crippen molar-refractivity contribution in [3.05, 3.63) is 40.4 Å². The average molecular weight is 309 g/mol. The van der Waals surface area contributed by atoms with Gasteiger partial charge in [0.1, 0.15) is 11.0 Å². The van der Waals surface area contributed by atoms with Crippen molar-refractivity contribution < 1.29 is 9.32 Å². The quantitative estimate of drug-likeness (QED) is 0.802. The number of nitrogens with one attached hydrogen (secondary N) is 2. The summed E-state index contributed by atoms with van der Waals surface area (Å²) in [5.41, 5.74) is 1.22. The standard InChI is InChI=1S/C14H17ClN4O2/c1-3-4-16-13-7-10(6-12(15)18-13)14(20)17-8-11-5-9(2)19-21-11/h5-7H,3-4,8H2,1-2H3,(H,16,18)(H,17,20). The molecule has 2 heterocycles. The van der Waals surface area contributed by atoms with E-state index in [1.54, 1.807) is 12.1 Å². The molecule has 0 aliphatic carbocycles. The maximum Gasteiger partial charge on any atom is 0.251 e. The Labute approximate surface area is 127 Å². The Bertz CT molecular complexity index is 627. The van der Waals surface area contributed by atoms with Gasteiger partial charge in [-0.2, -0.15) is 0 Å². The van der Waals surface area contributed by atoms with E-state index in [-0.39, 0.29) is 17.6 Å². The highest BCUT2D eigenvalue weighted by Crippen LogP contribution is 2.15. The summed E-state index contributed by atoms with van der Waals surface area (Å²) in [7, 11) is 0. The topological polar surface area (TPSA) is 80.0 Å². The summed E-state index contributed by atoms with van der Waals surface area (Å²) >= 11 is 5.93. The molecule has 21 heavy (non-hydrogen) atoms. The first-order valence-corrected chi connectivity index (χ1v) is 7.08. The Morgan fingerprint density at radius 1 is 1.38 bits per heavy atom. The van der Waals surface area contributed by atoms with Crippen LogP contribution >= 0.6 is 11.6 Å². The zero-order valence-electron chi connectivity index (χ0n) is 11.9. The number of aromatic nitrogens is 2. The van der Waals surface area contributed by atoms with Gasteiger partial charge in [0.15, 0.2) is 5.76 Å². The fraction of sp³-hybridized carbons (Fsp3) is 0.357. The molecule has 0 bridgehead atoms. The van der Waals surface area contributed by atoms with Crippen LogP contribution in [0.3, 0.4) is 0 Å². The van der Waals surface area contributed by atoms with Crippen LogP contribution in [-0.4, -0.2) is 22.6 Å². The highest BCUT2D eigenvalue weighted by Gasteiger charge is 2.10. The minimum absolute atomic E-state index is 0.243. The largest absolute Gasteiger partial charge is 0.370 e. The summed E-state index contributed by atoms with van der Waals surface area (Å²) in [6, 6.07) is 4.97. The Morgan fingerprint density at radius 3 is 2.86 bits per heavy atom. The Morgan fingerprint density at radius 2 is 2.19 bits per heavy atom. The second-order valence-corrected chi connectivity index (χ2v) is 5.00. The molecule has 0 atom stereocenters. The van der Waals surface area contributed by atoms with Crippen molar-refractivity contribution in [2.24, 2.45) is 0 Å². The second kappa shape index (κ2) is 7.08. The molecule has 2 aromatic rings. The normalized spacial score (nSPS) is 10.4. The van der Waals surface area contributed by atoms with Crippen molar-refractivity contribution in [1.82, 2.24) is 15.5 Å². The summed E-state index contributed by atoms with van der Waals surface area (Å²) in [6.45, 7) is 4.91. The van der Waals surface area contributed by atoms with Crippen LogP contribution in [0.1, 0.15) is 35.2 Å². The molecule has 0 unspecified atom stereocenters. The summed E-state index contributed by atoms with van der Waals surface area (Å²) in [5.74, 6) is 0.947. The molecule has 1 amide bonds. The van der Waals surface area contributed by atoms with Crippen molar-refractivity contribution in [3.63, 3.8) is 0 Å². The molecule has 2 N–H and O–H groups in total. The van der Waals surface area contributed by atoms with Gasteiger partial charge in [-0.25, -0.2) is 4.98 Å². The number of amides is 1. The molecule has 0 spiro atoms. The van der Waals surface area contributed by atoms with Gasteiger partial charge < -0.3 is 15.2 Å². The lowest BCUT2D eigenvalue weighted by molar-refractivity contribution is 0.0947. The number of rotatable bonds is 6. The van der Waals surface area contributed by atoms with Crippen molar-refractivity contribution in [1.29, 1.82) is 0 Å². The van der Waals surface area contributed by atoms with Gasteiger partial charge in [-0.3, -0.25) is 4.79 Å². The first kappa shape index (κ1) is 15.3. The molecule has 0 aromatic carbocycles. The number of anilines is 1. The highest BCUT2D eigenvalue weighted by atomic mass is 35.5. The van der Waals surface area contributed by atoms with Crippen LogP contribution in [0, 0.1) is 6.92 Å². The minimum atomic E-state index is -0.243. The molecule has 2 rings (SSSR count). The van der Waals surface area contributed by atoms with E-state index >= 15 is 0 Å². The van der Waals surface area contributed by atoms with E-state index in [1.807, 2.05) is 13.8 Å². The van der Waals surface area contributed by atoms with Gasteiger partial charge in [0, 0.05) is 18.2 Å². The van der Waals surface area contributed by atoms with Gasteiger partial charge in [0.05, 0.1) is 12.2 Å². The molecule has 0 aliphatic heterocycles. The van der Waals surface area contributed by atoms with Crippen LogP contribution in [0.15, 0.2) is 22.7 Å². The lowest BCUT2D eigenvalue weighted by atomic mass is 10.2. The summed E-state index contributed by atoms with van der Waals surface area (Å²) in [5, 5.41) is 9.89. The van der Waals surface area contributed by atoms with E-state index in [9.17, 15) is 4.79 Å². The summed E-state index contributed by atoms with van der Waals surface area (Å²) in [6.07, 6.45) is 0.959. The lowest BCUT2D eigenvalue weighted by Crippen LogP contribution is -2.23. The van der Waals surface area contributed by atoms with Gasteiger partial charge in [0.2, 0.25) is 0 Å². The van der Waals surface area contributed by atoms with Crippen LogP contribution in [0.2, 0.25) is 5.15 Å². The molecule has 0 aliphatic rings. The smallest absolute Gasteiger partial charge is 0.251 e. The van der Waals surface area contributed by atoms with Gasteiger partial charge in [-0.1, -0.05) is 23.7 Å². The molecule has 7 heteroatoms. The number of nitrogens with zero attached hydrogens (tertiary/aromatic N) is 2. The van der Waals surface area contributed by atoms with Crippen LogP contribution in [-0.2, 0) is 6.54 Å². The highest BCUT2D eigenvalue weighted by molar-refractivity contribution is 6.29. The molecule has 0 saturated heterocycles. The number of halogens is 1. The van der Waals surface area contributed by atoms with Crippen molar-refractivity contribution in [2.45, 2.75) is 26.8 Å². The second-order valence-electron chi connectivity index (χ2n) is 4.61. The van der Waals surface area contributed by atoms with E-state index in [4.69, 9.17) is 16.1 Å². The van der Waals surface area contributed by atoms with Crippen molar-refractivity contribution >= 4 is 23.3 Å². The van der Waals surface area contributed by atoms with E-state index in [0.717, 1.165) is 18.7 Å². The van der Waals surface area contributed by atoms with Gasteiger partial charge in [0.25, 0.3) is 5.91 Å². The number of hydrogen-bond donors (Lipinski definition) is 2. The Hall–Kier alpha value is -2.08. The zero-order chi connectivity index (χ0) is 15.2.